The lowest BCUT2D eigenvalue weighted by molar-refractivity contribution is 0.0737. The second-order valence-corrected chi connectivity index (χ2v) is 7.18. The summed E-state index contributed by atoms with van der Waals surface area (Å²) in [5.41, 5.74) is 3.89. The molecule has 1 aromatic carbocycles. The number of rotatable bonds is 3. The van der Waals surface area contributed by atoms with Gasteiger partial charge in [0, 0.05) is 43.0 Å². The van der Waals surface area contributed by atoms with Crippen molar-refractivity contribution in [3.05, 3.63) is 71.7 Å². The van der Waals surface area contributed by atoms with E-state index < -0.39 is 0 Å². The number of carbonyl (C=O) groups excluding carboxylic acids is 1. The van der Waals surface area contributed by atoms with Crippen LogP contribution in [-0.4, -0.2) is 47.1 Å². The smallest absolute Gasteiger partial charge is 0.255 e. The summed E-state index contributed by atoms with van der Waals surface area (Å²) in [6, 6.07) is 12.3. The normalized spacial score (nSPS) is 17.7. The molecule has 1 aliphatic heterocycles. The zero-order valence-corrected chi connectivity index (χ0v) is 15.5. The number of hydrogen-bond acceptors (Lipinski definition) is 4. The fourth-order valence-corrected chi connectivity index (χ4v) is 3.63. The number of pyridine rings is 2. The summed E-state index contributed by atoms with van der Waals surface area (Å²) in [5.74, 6) is 0.299. The van der Waals surface area contributed by atoms with Crippen LogP contribution in [0.4, 0.5) is 0 Å². The lowest BCUT2D eigenvalue weighted by Crippen LogP contribution is -2.36. The highest BCUT2D eigenvalue weighted by Gasteiger charge is 2.24. The van der Waals surface area contributed by atoms with Crippen LogP contribution in [0.25, 0.3) is 10.9 Å². The molecule has 1 saturated heterocycles. The summed E-state index contributed by atoms with van der Waals surface area (Å²) in [7, 11) is 0. The molecule has 0 bridgehead atoms. The summed E-state index contributed by atoms with van der Waals surface area (Å²) < 4.78 is 5.78. The van der Waals surface area contributed by atoms with E-state index in [0.29, 0.717) is 31.9 Å². The second kappa shape index (κ2) is 7.84. The van der Waals surface area contributed by atoms with Gasteiger partial charge in [-0.25, -0.2) is 0 Å². The standard InChI is InChI=1S/C22H23N3O2/c1-16-9-20(13-23-12-16)22(26)25-7-8-27-15-18(14-25)10-17-4-5-21-19(11-17)3-2-6-24-21/h2-6,9,11-13,18H,7-8,10,14-15H2,1H3/t18-/m1/s1. The molecule has 0 spiro atoms. The van der Waals surface area contributed by atoms with Gasteiger partial charge in [-0.3, -0.25) is 14.8 Å². The van der Waals surface area contributed by atoms with Gasteiger partial charge in [-0.05, 0) is 48.7 Å². The SMILES string of the molecule is Cc1cncc(C(=O)N2CCOC[C@H](Cc3ccc4ncccc4c3)C2)c1. The molecule has 0 unspecified atom stereocenters. The molecule has 5 nitrogen and oxygen atoms in total. The molecule has 27 heavy (non-hydrogen) atoms. The molecule has 1 fully saturated rings. The quantitative estimate of drug-likeness (QED) is 0.718. The van der Waals surface area contributed by atoms with Crippen LogP contribution in [-0.2, 0) is 11.2 Å². The van der Waals surface area contributed by atoms with Crippen LogP contribution in [0.1, 0.15) is 21.5 Å². The largest absolute Gasteiger partial charge is 0.379 e. The molecular formula is C22H23N3O2. The van der Waals surface area contributed by atoms with Gasteiger partial charge < -0.3 is 9.64 Å². The fourth-order valence-electron chi connectivity index (χ4n) is 3.63. The molecule has 1 atom stereocenters. The molecular weight excluding hydrogens is 338 g/mol. The Labute approximate surface area is 159 Å². The van der Waals surface area contributed by atoms with E-state index in [1.807, 2.05) is 30.2 Å². The molecule has 0 aliphatic carbocycles. The first-order valence-electron chi connectivity index (χ1n) is 9.31. The molecule has 3 heterocycles. The van der Waals surface area contributed by atoms with Crippen molar-refractivity contribution in [2.24, 2.45) is 5.92 Å². The predicted octanol–water partition coefficient (Wildman–Crippen LogP) is 3.27. The van der Waals surface area contributed by atoms with Crippen molar-refractivity contribution in [2.75, 3.05) is 26.3 Å². The molecule has 0 N–H and O–H groups in total. The van der Waals surface area contributed by atoms with E-state index in [9.17, 15) is 4.79 Å². The Balaban J connectivity index is 1.50. The highest BCUT2D eigenvalue weighted by molar-refractivity contribution is 5.94. The average molecular weight is 361 g/mol. The van der Waals surface area contributed by atoms with Gasteiger partial charge in [0.25, 0.3) is 5.91 Å². The van der Waals surface area contributed by atoms with Crippen LogP contribution in [0.3, 0.4) is 0 Å². The topological polar surface area (TPSA) is 55.3 Å². The summed E-state index contributed by atoms with van der Waals surface area (Å²) in [6.45, 7) is 4.50. The molecule has 2 aromatic heterocycles. The number of nitrogens with zero attached hydrogens (tertiary/aromatic N) is 3. The number of aryl methyl sites for hydroxylation is 1. The van der Waals surface area contributed by atoms with E-state index in [-0.39, 0.29) is 11.8 Å². The van der Waals surface area contributed by atoms with Crippen molar-refractivity contribution in [2.45, 2.75) is 13.3 Å². The highest BCUT2D eigenvalue weighted by atomic mass is 16.5. The first-order valence-corrected chi connectivity index (χ1v) is 9.31. The second-order valence-electron chi connectivity index (χ2n) is 7.18. The Bertz CT molecular complexity index is 957. The molecule has 0 saturated carbocycles. The summed E-state index contributed by atoms with van der Waals surface area (Å²) in [4.78, 5) is 23.3. The van der Waals surface area contributed by atoms with Gasteiger partial charge in [-0.2, -0.15) is 0 Å². The number of amides is 1. The van der Waals surface area contributed by atoms with Crippen LogP contribution >= 0.6 is 0 Å². The van der Waals surface area contributed by atoms with Gasteiger partial charge in [-0.1, -0.05) is 12.1 Å². The fraction of sp³-hybridized carbons (Fsp3) is 0.318. The van der Waals surface area contributed by atoms with Gasteiger partial charge in [0.1, 0.15) is 0 Å². The van der Waals surface area contributed by atoms with Crippen molar-refractivity contribution >= 4 is 16.8 Å². The predicted molar refractivity (Wildman–Crippen MR) is 105 cm³/mol. The number of aromatic nitrogens is 2. The van der Waals surface area contributed by atoms with Gasteiger partial charge in [0.15, 0.2) is 0 Å². The van der Waals surface area contributed by atoms with Gasteiger partial charge >= 0.3 is 0 Å². The third-order valence-corrected chi connectivity index (χ3v) is 4.94. The Morgan fingerprint density at radius 3 is 3.07 bits per heavy atom. The zero-order valence-electron chi connectivity index (χ0n) is 15.5. The van der Waals surface area contributed by atoms with Gasteiger partial charge in [-0.15, -0.1) is 0 Å². The lowest BCUT2D eigenvalue weighted by atomic mass is 9.98. The number of ether oxygens (including phenoxy) is 1. The first kappa shape index (κ1) is 17.6. The Morgan fingerprint density at radius 2 is 2.19 bits per heavy atom. The van der Waals surface area contributed by atoms with E-state index in [4.69, 9.17) is 4.74 Å². The zero-order chi connectivity index (χ0) is 18.6. The summed E-state index contributed by atoms with van der Waals surface area (Å²) in [6.07, 6.45) is 6.09. The van der Waals surface area contributed by atoms with E-state index in [2.05, 4.69) is 34.2 Å². The number of benzene rings is 1. The van der Waals surface area contributed by atoms with Crippen molar-refractivity contribution in [1.29, 1.82) is 0 Å². The summed E-state index contributed by atoms with van der Waals surface area (Å²) in [5, 5.41) is 1.14. The minimum Gasteiger partial charge on any atom is -0.379 e. The molecule has 138 valence electrons. The molecule has 5 heteroatoms. The molecule has 0 radical (unpaired) electrons. The minimum absolute atomic E-state index is 0.0319. The van der Waals surface area contributed by atoms with Gasteiger partial charge in [0.2, 0.25) is 0 Å². The first-order chi connectivity index (χ1) is 13.2. The maximum atomic E-state index is 12.9. The van der Waals surface area contributed by atoms with Crippen molar-refractivity contribution in [3.8, 4) is 0 Å². The maximum Gasteiger partial charge on any atom is 0.255 e. The third-order valence-electron chi connectivity index (χ3n) is 4.94. The van der Waals surface area contributed by atoms with E-state index in [1.165, 1.54) is 5.56 Å². The molecule has 1 aliphatic rings. The van der Waals surface area contributed by atoms with Crippen molar-refractivity contribution < 1.29 is 9.53 Å². The van der Waals surface area contributed by atoms with Crippen LogP contribution in [0.15, 0.2) is 55.0 Å². The number of hydrogen-bond donors (Lipinski definition) is 0. The maximum absolute atomic E-state index is 12.9. The molecule has 3 aromatic rings. The molecule has 4 rings (SSSR count). The van der Waals surface area contributed by atoms with Gasteiger partial charge in [0.05, 0.1) is 24.3 Å². The van der Waals surface area contributed by atoms with E-state index in [1.54, 1.807) is 12.4 Å². The van der Waals surface area contributed by atoms with Crippen molar-refractivity contribution in [3.63, 3.8) is 0 Å². The van der Waals surface area contributed by atoms with Crippen LogP contribution < -0.4 is 0 Å². The average Bonchev–Trinajstić information content (AvgIpc) is 2.93. The van der Waals surface area contributed by atoms with Crippen LogP contribution in [0.2, 0.25) is 0 Å². The van der Waals surface area contributed by atoms with Crippen LogP contribution in [0.5, 0.6) is 0 Å². The lowest BCUT2D eigenvalue weighted by Gasteiger charge is -2.24. The third kappa shape index (κ3) is 4.14. The number of carbonyl (C=O) groups is 1. The highest BCUT2D eigenvalue weighted by Crippen LogP contribution is 2.19. The molecule has 1 amide bonds. The summed E-state index contributed by atoms with van der Waals surface area (Å²) >= 11 is 0. The van der Waals surface area contributed by atoms with Crippen LogP contribution in [0, 0.1) is 12.8 Å². The monoisotopic (exact) mass is 361 g/mol. The van der Waals surface area contributed by atoms with E-state index >= 15 is 0 Å². The van der Waals surface area contributed by atoms with E-state index in [0.717, 1.165) is 22.9 Å². The Kier molecular flexibility index (Phi) is 5.12. The minimum atomic E-state index is 0.0319. The number of fused-ring (bicyclic) bond motifs is 1. The Morgan fingerprint density at radius 1 is 1.26 bits per heavy atom. The van der Waals surface area contributed by atoms with Crippen molar-refractivity contribution in [1.82, 2.24) is 14.9 Å². The Hall–Kier alpha value is -2.79.